The molecule has 0 saturated carbocycles. The summed E-state index contributed by atoms with van der Waals surface area (Å²) in [4.78, 5) is 0.165. The minimum Gasteiger partial charge on any atom is -0.222 e. The van der Waals surface area contributed by atoms with Gasteiger partial charge in [-0.15, -0.1) is 6.58 Å². The predicted octanol–water partition coefficient (Wildman–Crippen LogP) is 4.08. The molecule has 3 nitrogen and oxygen atoms in total. The average Bonchev–Trinajstić information content (AvgIpc) is 2.45. The maximum Gasteiger partial charge on any atom is 0.194 e. The Morgan fingerprint density at radius 1 is 1.38 bits per heavy atom. The number of rotatable bonds is 8. The van der Waals surface area contributed by atoms with Crippen molar-refractivity contribution in [1.29, 1.82) is 5.26 Å². The quantitative estimate of drug-likeness (QED) is 0.677. The van der Waals surface area contributed by atoms with Crippen LogP contribution in [-0.2, 0) is 9.84 Å². The van der Waals surface area contributed by atoms with Crippen LogP contribution in [0.2, 0.25) is 0 Å². The van der Waals surface area contributed by atoms with E-state index < -0.39 is 15.1 Å². The Morgan fingerprint density at radius 2 is 2.00 bits per heavy atom. The van der Waals surface area contributed by atoms with E-state index in [9.17, 15) is 13.7 Å². The molecule has 0 N–H and O–H groups in total. The van der Waals surface area contributed by atoms with E-state index in [4.69, 9.17) is 11.6 Å². The van der Waals surface area contributed by atoms with Crippen molar-refractivity contribution in [2.24, 2.45) is 5.92 Å². The van der Waals surface area contributed by atoms with Crippen LogP contribution in [-0.4, -0.2) is 13.7 Å². The first-order valence-electron chi connectivity index (χ1n) is 6.54. The Morgan fingerprint density at radius 3 is 2.48 bits per heavy atom. The van der Waals surface area contributed by atoms with Gasteiger partial charge in [-0.2, -0.15) is 5.26 Å². The van der Waals surface area contributed by atoms with E-state index >= 15 is 0 Å². The first-order valence-corrected chi connectivity index (χ1v) is 8.47. The standard InChI is InChI=1S/C16H18ClNO2S/c1-3-7-14(10-13(2)17)11-16(12-18)21(19,20)15-8-5-4-6-9-15/h3-6,8-9,14,16H,1-2,7,10-11H2. The number of allylic oxidation sites excluding steroid dienone is 2. The summed E-state index contributed by atoms with van der Waals surface area (Å²) >= 11 is 5.81. The molecule has 0 bridgehead atoms. The molecule has 2 atom stereocenters. The van der Waals surface area contributed by atoms with E-state index in [-0.39, 0.29) is 17.2 Å². The molecule has 5 heteroatoms. The third kappa shape index (κ3) is 5.04. The lowest BCUT2D eigenvalue weighted by Crippen LogP contribution is -2.23. The average molecular weight is 324 g/mol. The van der Waals surface area contributed by atoms with Gasteiger partial charge in [0.05, 0.1) is 11.0 Å². The van der Waals surface area contributed by atoms with Crippen LogP contribution in [0.4, 0.5) is 0 Å². The zero-order valence-electron chi connectivity index (χ0n) is 11.7. The van der Waals surface area contributed by atoms with Crippen LogP contribution in [0.1, 0.15) is 19.3 Å². The smallest absolute Gasteiger partial charge is 0.194 e. The van der Waals surface area contributed by atoms with Gasteiger partial charge in [-0.3, -0.25) is 0 Å². The highest BCUT2D eigenvalue weighted by molar-refractivity contribution is 7.92. The van der Waals surface area contributed by atoms with E-state index in [1.165, 1.54) is 12.1 Å². The van der Waals surface area contributed by atoms with Gasteiger partial charge in [0.2, 0.25) is 0 Å². The lowest BCUT2D eigenvalue weighted by Gasteiger charge is -2.18. The fourth-order valence-electron chi connectivity index (χ4n) is 2.14. The summed E-state index contributed by atoms with van der Waals surface area (Å²) in [6.07, 6.45) is 2.98. The van der Waals surface area contributed by atoms with Gasteiger partial charge in [0.25, 0.3) is 0 Å². The molecule has 0 heterocycles. The number of hydrogen-bond donors (Lipinski definition) is 0. The molecule has 0 fully saturated rings. The van der Waals surface area contributed by atoms with E-state index in [0.29, 0.717) is 17.9 Å². The second-order valence-corrected chi connectivity index (χ2v) is 7.49. The second kappa shape index (κ2) is 8.02. The summed E-state index contributed by atoms with van der Waals surface area (Å²) < 4.78 is 25.0. The Labute approximate surface area is 131 Å². The molecule has 0 radical (unpaired) electrons. The molecule has 0 saturated heterocycles. The number of sulfone groups is 1. The molecule has 1 aromatic carbocycles. The third-order valence-corrected chi connectivity index (χ3v) is 5.28. The molecule has 0 aliphatic carbocycles. The second-order valence-electron chi connectivity index (χ2n) is 4.82. The van der Waals surface area contributed by atoms with Crippen LogP contribution < -0.4 is 0 Å². The van der Waals surface area contributed by atoms with E-state index in [2.05, 4.69) is 13.2 Å². The number of halogens is 1. The van der Waals surface area contributed by atoms with Gasteiger partial charge in [0, 0.05) is 5.03 Å². The number of nitriles is 1. The molecule has 0 aliphatic rings. The minimum absolute atomic E-state index is 0.0596. The molecule has 112 valence electrons. The fourth-order valence-corrected chi connectivity index (χ4v) is 3.89. The SMILES string of the molecule is C=CCC(CC(=C)Cl)CC(C#N)S(=O)(=O)c1ccccc1. The molecule has 2 unspecified atom stereocenters. The lowest BCUT2D eigenvalue weighted by molar-refractivity contribution is 0.492. The summed E-state index contributed by atoms with van der Waals surface area (Å²) in [6, 6.07) is 9.93. The number of benzene rings is 1. The van der Waals surface area contributed by atoms with Crippen LogP contribution >= 0.6 is 11.6 Å². The van der Waals surface area contributed by atoms with Gasteiger partial charge < -0.3 is 0 Å². The first kappa shape index (κ1) is 17.5. The van der Waals surface area contributed by atoms with E-state index in [1.807, 2.05) is 6.07 Å². The van der Waals surface area contributed by atoms with Crippen molar-refractivity contribution in [2.75, 3.05) is 0 Å². The summed E-state index contributed by atoms with van der Waals surface area (Å²) in [6.45, 7) is 7.29. The molecule has 1 aromatic rings. The molecule has 0 aliphatic heterocycles. The van der Waals surface area contributed by atoms with Gasteiger partial charge in [0.1, 0.15) is 0 Å². The fraction of sp³-hybridized carbons (Fsp3) is 0.312. The van der Waals surface area contributed by atoms with Crippen LogP contribution in [0.3, 0.4) is 0 Å². The highest BCUT2D eigenvalue weighted by Crippen LogP contribution is 2.27. The van der Waals surface area contributed by atoms with Crippen LogP contribution in [0.15, 0.2) is 59.5 Å². The van der Waals surface area contributed by atoms with Crippen molar-refractivity contribution in [3.05, 3.63) is 54.6 Å². The van der Waals surface area contributed by atoms with E-state index in [0.717, 1.165) is 0 Å². The zero-order valence-corrected chi connectivity index (χ0v) is 13.3. The van der Waals surface area contributed by atoms with Crippen molar-refractivity contribution in [3.63, 3.8) is 0 Å². The minimum atomic E-state index is -3.67. The Bertz CT molecular complexity index is 632. The summed E-state index contributed by atoms with van der Waals surface area (Å²) in [5, 5.41) is 8.62. The summed E-state index contributed by atoms with van der Waals surface area (Å²) in [5.41, 5.74) is 0. The van der Waals surface area contributed by atoms with Crippen LogP contribution in [0.25, 0.3) is 0 Å². The third-order valence-electron chi connectivity index (χ3n) is 3.15. The van der Waals surface area contributed by atoms with Gasteiger partial charge >= 0.3 is 0 Å². The monoisotopic (exact) mass is 323 g/mol. The van der Waals surface area contributed by atoms with Crippen molar-refractivity contribution in [2.45, 2.75) is 29.4 Å². The maximum atomic E-state index is 12.5. The number of hydrogen-bond acceptors (Lipinski definition) is 3. The Kier molecular flexibility index (Phi) is 6.67. The lowest BCUT2D eigenvalue weighted by atomic mass is 9.96. The van der Waals surface area contributed by atoms with Crippen molar-refractivity contribution < 1.29 is 8.42 Å². The first-order chi connectivity index (χ1) is 9.91. The van der Waals surface area contributed by atoms with Crippen molar-refractivity contribution in [1.82, 2.24) is 0 Å². The molecule has 0 spiro atoms. The molecule has 0 amide bonds. The highest BCUT2D eigenvalue weighted by atomic mass is 35.5. The van der Waals surface area contributed by atoms with Crippen molar-refractivity contribution >= 4 is 21.4 Å². The van der Waals surface area contributed by atoms with Gasteiger partial charge in [0.15, 0.2) is 15.1 Å². The molecule has 1 rings (SSSR count). The largest absolute Gasteiger partial charge is 0.222 e. The molecule has 21 heavy (non-hydrogen) atoms. The summed E-state index contributed by atoms with van der Waals surface area (Å²) in [7, 11) is -3.67. The highest BCUT2D eigenvalue weighted by Gasteiger charge is 2.29. The number of nitrogens with zero attached hydrogens (tertiary/aromatic N) is 1. The Balaban J connectivity index is 2.99. The topological polar surface area (TPSA) is 57.9 Å². The maximum absolute atomic E-state index is 12.5. The van der Waals surface area contributed by atoms with Crippen LogP contribution in [0.5, 0.6) is 0 Å². The van der Waals surface area contributed by atoms with Crippen LogP contribution in [0, 0.1) is 17.2 Å². The Hall–Kier alpha value is -1.57. The van der Waals surface area contributed by atoms with E-state index in [1.54, 1.807) is 24.3 Å². The van der Waals surface area contributed by atoms with Gasteiger partial charge in [-0.25, -0.2) is 8.42 Å². The summed E-state index contributed by atoms with van der Waals surface area (Å²) in [5.74, 6) is -0.0596. The van der Waals surface area contributed by atoms with Gasteiger partial charge in [-0.1, -0.05) is 42.5 Å². The molecule has 0 aromatic heterocycles. The van der Waals surface area contributed by atoms with Crippen molar-refractivity contribution in [3.8, 4) is 6.07 Å². The predicted molar refractivity (Wildman–Crippen MR) is 85.6 cm³/mol. The molecular formula is C16H18ClNO2S. The zero-order chi connectivity index (χ0) is 15.9. The molecular weight excluding hydrogens is 306 g/mol. The normalized spacial score (nSPS) is 13.9. The van der Waals surface area contributed by atoms with Gasteiger partial charge in [-0.05, 0) is 37.3 Å².